The second-order valence-corrected chi connectivity index (χ2v) is 4.53. The van der Waals surface area contributed by atoms with Crippen molar-refractivity contribution < 1.29 is 9.53 Å². The minimum Gasteiger partial charge on any atom is -0.462 e. The van der Waals surface area contributed by atoms with Crippen LogP contribution in [0.1, 0.15) is 34.8 Å². The van der Waals surface area contributed by atoms with E-state index in [1.807, 2.05) is 20.8 Å². The molecule has 1 aromatic carbocycles. The Bertz CT molecular complexity index is 416. The Balaban J connectivity index is 3.13. The first-order valence-corrected chi connectivity index (χ1v) is 6.00. The van der Waals surface area contributed by atoms with Crippen molar-refractivity contribution in [2.75, 3.05) is 12.3 Å². The molecule has 0 aliphatic heterocycles. The molecule has 88 valence electrons. The van der Waals surface area contributed by atoms with Crippen molar-refractivity contribution in [2.45, 2.75) is 27.2 Å². The standard InChI is InChI=1S/C12H16BrNO2/c1-4-5-16-12(15)10-8(3)11(13)7(2)6-9(10)14/h6H,4-5,14H2,1-3H3. The number of carbonyl (C=O) groups excluding carboxylic acids is 1. The molecule has 0 radical (unpaired) electrons. The Morgan fingerprint density at radius 1 is 1.50 bits per heavy atom. The minimum absolute atomic E-state index is 0.349. The number of hydrogen-bond donors (Lipinski definition) is 1. The molecule has 0 aliphatic carbocycles. The molecule has 0 saturated carbocycles. The second-order valence-electron chi connectivity index (χ2n) is 3.73. The molecule has 0 bridgehead atoms. The fourth-order valence-electron chi connectivity index (χ4n) is 1.53. The van der Waals surface area contributed by atoms with Gasteiger partial charge in [-0.2, -0.15) is 0 Å². The molecule has 16 heavy (non-hydrogen) atoms. The molecule has 0 aromatic heterocycles. The largest absolute Gasteiger partial charge is 0.462 e. The summed E-state index contributed by atoms with van der Waals surface area (Å²) in [5, 5.41) is 0. The summed E-state index contributed by atoms with van der Waals surface area (Å²) in [6.45, 7) is 6.17. The van der Waals surface area contributed by atoms with Crippen LogP contribution in [-0.2, 0) is 4.74 Å². The van der Waals surface area contributed by atoms with Gasteiger partial charge in [0, 0.05) is 10.2 Å². The van der Waals surface area contributed by atoms with Crippen LogP contribution in [-0.4, -0.2) is 12.6 Å². The van der Waals surface area contributed by atoms with E-state index in [0.717, 1.165) is 22.0 Å². The Labute approximate surface area is 104 Å². The van der Waals surface area contributed by atoms with E-state index in [-0.39, 0.29) is 5.97 Å². The predicted octanol–water partition coefficient (Wildman–Crippen LogP) is 3.21. The van der Waals surface area contributed by atoms with Crippen LogP contribution in [0, 0.1) is 13.8 Å². The molecule has 2 N–H and O–H groups in total. The SMILES string of the molecule is CCCOC(=O)c1c(N)cc(C)c(Br)c1C. The number of carbonyl (C=O) groups is 1. The van der Waals surface area contributed by atoms with Gasteiger partial charge < -0.3 is 10.5 Å². The average Bonchev–Trinajstić information content (AvgIpc) is 2.23. The van der Waals surface area contributed by atoms with Gasteiger partial charge in [-0.3, -0.25) is 0 Å². The Kier molecular flexibility index (Phi) is 4.35. The minimum atomic E-state index is -0.349. The van der Waals surface area contributed by atoms with Crippen molar-refractivity contribution in [1.82, 2.24) is 0 Å². The molecular formula is C12H16BrNO2. The summed E-state index contributed by atoms with van der Waals surface area (Å²) in [7, 11) is 0. The van der Waals surface area contributed by atoms with Gasteiger partial charge in [-0.15, -0.1) is 0 Å². The molecule has 0 saturated heterocycles. The zero-order valence-electron chi connectivity index (χ0n) is 9.76. The number of halogens is 1. The molecule has 0 fully saturated rings. The predicted molar refractivity (Wildman–Crippen MR) is 68.6 cm³/mol. The number of benzene rings is 1. The van der Waals surface area contributed by atoms with Crippen LogP contribution < -0.4 is 5.73 Å². The van der Waals surface area contributed by atoms with Crippen LogP contribution in [0.4, 0.5) is 5.69 Å². The van der Waals surface area contributed by atoms with Gasteiger partial charge in [0.2, 0.25) is 0 Å². The van der Waals surface area contributed by atoms with Gasteiger partial charge in [-0.05, 0) is 37.5 Å². The molecule has 3 nitrogen and oxygen atoms in total. The molecule has 0 aliphatic rings. The lowest BCUT2D eigenvalue weighted by molar-refractivity contribution is 0.0505. The highest BCUT2D eigenvalue weighted by atomic mass is 79.9. The topological polar surface area (TPSA) is 52.3 Å². The lowest BCUT2D eigenvalue weighted by Gasteiger charge is -2.12. The molecule has 1 aromatic rings. The van der Waals surface area contributed by atoms with Gasteiger partial charge in [0.15, 0.2) is 0 Å². The van der Waals surface area contributed by atoms with Gasteiger partial charge in [0.05, 0.1) is 12.2 Å². The Hall–Kier alpha value is -1.03. The summed E-state index contributed by atoms with van der Waals surface area (Å²) >= 11 is 3.44. The van der Waals surface area contributed by atoms with Gasteiger partial charge in [-0.25, -0.2) is 4.79 Å². The smallest absolute Gasteiger partial charge is 0.340 e. The monoisotopic (exact) mass is 285 g/mol. The number of anilines is 1. The second kappa shape index (κ2) is 5.34. The van der Waals surface area contributed by atoms with E-state index < -0.39 is 0 Å². The third kappa shape index (κ3) is 2.55. The molecule has 0 amide bonds. The lowest BCUT2D eigenvalue weighted by atomic mass is 10.0. The van der Waals surface area contributed by atoms with E-state index >= 15 is 0 Å². The van der Waals surface area contributed by atoms with Crippen LogP contribution in [0.5, 0.6) is 0 Å². The van der Waals surface area contributed by atoms with E-state index in [0.29, 0.717) is 17.9 Å². The van der Waals surface area contributed by atoms with Crippen molar-refractivity contribution in [2.24, 2.45) is 0 Å². The molecule has 0 unspecified atom stereocenters. The highest BCUT2D eigenvalue weighted by molar-refractivity contribution is 9.10. The van der Waals surface area contributed by atoms with Crippen molar-refractivity contribution >= 4 is 27.6 Å². The third-order valence-corrected chi connectivity index (χ3v) is 3.57. The number of esters is 1. The van der Waals surface area contributed by atoms with Crippen molar-refractivity contribution in [3.8, 4) is 0 Å². The molecule has 0 spiro atoms. The van der Waals surface area contributed by atoms with Gasteiger partial charge in [0.1, 0.15) is 0 Å². The maximum Gasteiger partial charge on any atom is 0.340 e. The zero-order valence-corrected chi connectivity index (χ0v) is 11.3. The zero-order chi connectivity index (χ0) is 12.3. The molecule has 1 rings (SSSR count). The molecule has 0 atom stereocenters. The summed E-state index contributed by atoms with van der Waals surface area (Å²) in [6, 6.07) is 1.78. The number of rotatable bonds is 3. The molecule has 4 heteroatoms. The Morgan fingerprint density at radius 3 is 2.69 bits per heavy atom. The molecule has 0 heterocycles. The van der Waals surface area contributed by atoms with Crippen molar-refractivity contribution in [3.63, 3.8) is 0 Å². The normalized spacial score (nSPS) is 10.2. The summed E-state index contributed by atoms with van der Waals surface area (Å²) in [5.41, 5.74) is 8.63. The van der Waals surface area contributed by atoms with Crippen LogP contribution in [0.2, 0.25) is 0 Å². The third-order valence-electron chi connectivity index (χ3n) is 2.35. The van der Waals surface area contributed by atoms with Crippen molar-refractivity contribution in [1.29, 1.82) is 0 Å². The summed E-state index contributed by atoms with van der Waals surface area (Å²) in [6.07, 6.45) is 0.803. The summed E-state index contributed by atoms with van der Waals surface area (Å²) in [4.78, 5) is 11.8. The van der Waals surface area contributed by atoms with Gasteiger partial charge in [-0.1, -0.05) is 22.9 Å². The van der Waals surface area contributed by atoms with E-state index in [1.54, 1.807) is 6.07 Å². The highest BCUT2D eigenvalue weighted by Crippen LogP contribution is 2.29. The highest BCUT2D eigenvalue weighted by Gasteiger charge is 2.17. The van der Waals surface area contributed by atoms with E-state index in [1.165, 1.54) is 0 Å². The van der Waals surface area contributed by atoms with Gasteiger partial charge in [0.25, 0.3) is 0 Å². The number of hydrogen-bond acceptors (Lipinski definition) is 3. The van der Waals surface area contributed by atoms with Gasteiger partial charge >= 0.3 is 5.97 Å². The van der Waals surface area contributed by atoms with E-state index in [2.05, 4.69) is 15.9 Å². The first-order valence-electron chi connectivity index (χ1n) is 5.21. The maximum atomic E-state index is 11.8. The first kappa shape index (κ1) is 13.0. The van der Waals surface area contributed by atoms with Crippen LogP contribution in [0.15, 0.2) is 10.5 Å². The number of nitrogens with two attached hydrogens (primary N) is 1. The first-order chi connectivity index (χ1) is 7.49. The maximum absolute atomic E-state index is 11.8. The quantitative estimate of drug-likeness (QED) is 0.685. The van der Waals surface area contributed by atoms with Crippen LogP contribution in [0.3, 0.4) is 0 Å². The van der Waals surface area contributed by atoms with Crippen LogP contribution >= 0.6 is 15.9 Å². The number of aryl methyl sites for hydroxylation is 1. The van der Waals surface area contributed by atoms with Crippen molar-refractivity contribution in [3.05, 3.63) is 27.2 Å². The fourth-order valence-corrected chi connectivity index (χ4v) is 1.84. The summed E-state index contributed by atoms with van der Waals surface area (Å²) < 4.78 is 6.00. The average molecular weight is 286 g/mol. The van der Waals surface area contributed by atoms with E-state index in [4.69, 9.17) is 10.5 Å². The molecular weight excluding hydrogens is 270 g/mol. The lowest BCUT2D eigenvalue weighted by Crippen LogP contribution is -2.11. The summed E-state index contributed by atoms with van der Waals surface area (Å²) in [5.74, 6) is -0.349. The number of ether oxygens (including phenoxy) is 1. The van der Waals surface area contributed by atoms with E-state index in [9.17, 15) is 4.79 Å². The van der Waals surface area contributed by atoms with Crippen LogP contribution in [0.25, 0.3) is 0 Å². The number of nitrogen functional groups attached to an aromatic ring is 1. The Morgan fingerprint density at radius 2 is 2.12 bits per heavy atom. The fraction of sp³-hybridized carbons (Fsp3) is 0.417.